The zero-order chi connectivity index (χ0) is 28.8. The Bertz CT molecular complexity index is 863. The highest BCUT2D eigenvalue weighted by molar-refractivity contribution is 6.03. The van der Waals surface area contributed by atoms with E-state index in [9.17, 15) is 9.59 Å². The Morgan fingerprint density at radius 1 is 0.763 bits per heavy atom. The van der Waals surface area contributed by atoms with Crippen LogP contribution in [0.4, 0.5) is 0 Å². The normalized spacial score (nSPS) is 13.6. The van der Waals surface area contributed by atoms with Crippen LogP contribution in [0.3, 0.4) is 0 Å². The smallest absolute Gasteiger partial charge is 0.339 e. The Hall–Kier alpha value is -2.10. The molecule has 0 aliphatic rings. The van der Waals surface area contributed by atoms with E-state index in [-0.39, 0.29) is 11.1 Å². The molecule has 0 amide bonds. The van der Waals surface area contributed by atoms with Gasteiger partial charge in [-0.3, -0.25) is 0 Å². The molecule has 2 atom stereocenters. The highest BCUT2D eigenvalue weighted by atomic mass is 16.5. The maximum absolute atomic E-state index is 13.1. The molecule has 4 nitrogen and oxygen atoms in total. The van der Waals surface area contributed by atoms with Crippen molar-refractivity contribution in [3.05, 3.63) is 41.5 Å². The first-order valence-corrected chi connectivity index (χ1v) is 15.1. The van der Waals surface area contributed by atoms with Crippen LogP contribution < -0.4 is 0 Å². The topological polar surface area (TPSA) is 52.6 Å². The van der Waals surface area contributed by atoms with Crippen LogP contribution in [0, 0.1) is 22.7 Å². The average Bonchev–Trinajstić information content (AvgIpc) is 2.95. The fraction of sp³-hybridized carbons (Fsp3) is 0.706. The second kappa shape index (κ2) is 16.8. The number of hydrogen-bond donors (Lipinski definition) is 0. The van der Waals surface area contributed by atoms with Gasteiger partial charge in [-0.15, -0.1) is 0 Å². The lowest BCUT2D eigenvalue weighted by Crippen LogP contribution is -2.21. The van der Waals surface area contributed by atoms with E-state index < -0.39 is 11.9 Å². The van der Waals surface area contributed by atoms with Gasteiger partial charge in [0.15, 0.2) is 0 Å². The van der Waals surface area contributed by atoms with Gasteiger partial charge in [0.05, 0.1) is 24.3 Å². The molecule has 0 saturated heterocycles. The molecule has 1 aromatic carbocycles. The van der Waals surface area contributed by atoms with Crippen LogP contribution in [-0.2, 0) is 9.47 Å². The number of hydrogen-bond acceptors (Lipinski definition) is 4. The number of rotatable bonds is 19. The molecule has 0 N–H and O–H groups in total. The van der Waals surface area contributed by atoms with Gasteiger partial charge in [0, 0.05) is 0 Å². The van der Waals surface area contributed by atoms with Crippen LogP contribution in [-0.4, -0.2) is 25.2 Å². The molecule has 1 aromatic rings. The minimum atomic E-state index is -0.475. The molecular weight excluding hydrogens is 472 g/mol. The predicted molar refractivity (Wildman–Crippen MR) is 161 cm³/mol. The van der Waals surface area contributed by atoms with E-state index in [0.717, 1.165) is 69.8 Å². The van der Waals surface area contributed by atoms with Crippen molar-refractivity contribution < 1.29 is 19.1 Å². The molecule has 0 saturated carbocycles. The zero-order valence-corrected chi connectivity index (χ0v) is 25.8. The number of esters is 2. The Kier molecular flexibility index (Phi) is 15.0. The van der Waals surface area contributed by atoms with E-state index in [0.29, 0.717) is 35.9 Å². The number of ether oxygens (including phenoxy) is 2. The lowest BCUT2D eigenvalue weighted by Gasteiger charge is -2.31. The van der Waals surface area contributed by atoms with E-state index in [1.807, 2.05) is 0 Å². The van der Waals surface area contributed by atoms with Gasteiger partial charge >= 0.3 is 11.9 Å². The van der Waals surface area contributed by atoms with Gasteiger partial charge in [-0.2, -0.15) is 0 Å². The van der Waals surface area contributed by atoms with Crippen LogP contribution in [0.2, 0.25) is 0 Å². The Morgan fingerprint density at radius 2 is 1.18 bits per heavy atom. The minimum Gasteiger partial charge on any atom is -0.462 e. The molecule has 216 valence electrons. The second-order valence-electron chi connectivity index (χ2n) is 11.9. The molecule has 38 heavy (non-hydrogen) atoms. The van der Waals surface area contributed by atoms with E-state index in [1.165, 1.54) is 0 Å². The molecule has 0 radical (unpaired) electrons. The van der Waals surface area contributed by atoms with Crippen molar-refractivity contribution in [2.24, 2.45) is 22.7 Å². The van der Waals surface area contributed by atoms with Crippen LogP contribution in [0.5, 0.6) is 0 Å². The van der Waals surface area contributed by atoms with Crippen molar-refractivity contribution in [3.8, 4) is 0 Å². The highest BCUT2D eigenvalue weighted by Crippen LogP contribution is 2.36. The predicted octanol–water partition coefficient (Wildman–Crippen LogP) is 9.91. The molecule has 2 unspecified atom stereocenters. The SMILES string of the molecule is C=Cc1ccc(C(=O)OCCC(CC)CC(C)(CC)CC)c(C(=O)OCCC(CC)CC(C)(CC)CC)c1. The van der Waals surface area contributed by atoms with Crippen LogP contribution in [0.15, 0.2) is 24.8 Å². The Labute approximate surface area is 234 Å². The third-order valence-electron chi connectivity index (χ3n) is 9.37. The summed E-state index contributed by atoms with van der Waals surface area (Å²) in [4.78, 5) is 26.1. The average molecular weight is 529 g/mol. The van der Waals surface area contributed by atoms with Gasteiger partial charge in [0.2, 0.25) is 0 Å². The number of carbonyl (C=O) groups is 2. The molecule has 0 aliphatic carbocycles. The molecule has 0 fully saturated rings. The molecular formula is C34H56O4. The van der Waals surface area contributed by atoms with Crippen molar-refractivity contribution >= 4 is 18.0 Å². The third-order valence-corrected chi connectivity index (χ3v) is 9.37. The summed E-state index contributed by atoms with van der Waals surface area (Å²) in [6, 6.07) is 5.12. The number of carbonyl (C=O) groups excluding carboxylic acids is 2. The largest absolute Gasteiger partial charge is 0.462 e. The lowest BCUT2D eigenvalue weighted by atomic mass is 9.75. The lowest BCUT2D eigenvalue weighted by molar-refractivity contribution is 0.0421. The van der Waals surface area contributed by atoms with E-state index in [4.69, 9.17) is 9.47 Å². The van der Waals surface area contributed by atoms with Crippen molar-refractivity contribution in [2.45, 2.75) is 120 Å². The molecule has 0 heterocycles. The summed E-state index contributed by atoms with van der Waals surface area (Å²) in [5.74, 6) is 0.0704. The summed E-state index contributed by atoms with van der Waals surface area (Å²) in [6.45, 7) is 22.6. The first-order chi connectivity index (χ1) is 18.0. The highest BCUT2D eigenvalue weighted by Gasteiger charge is 2.26. The molecule has 0 aromatic heterocycles. The van der Waals surface area contributed by atoms with E-state index in [1.54, 1.807) is 24.3 Å². The van der Waals surface area contributed by atoms with Crippen molar-refractivity contribution in [3.63, 3.8) is 0 Å². The Balaban J connectivity index is 2.84. The monoisotopic (exact) mass is 528 g/mol. The van der Waals surface area contributed by atoms with Crippen LogP contribution in [0.1, 0.15) is 146 Å². The van der Waals surface area contributed by atoms with Gasteiger partial charge in [0.25, 0.3) is 0 Å². The van der Waals surface area contributed by atoms with Gasteiger partial charge in [-0.1, -0.05) is 113 Å². The molecule has 4 heteroatoms. The van der Waals surface area contributed by atoms with Gasteiger partial charge in [-0.25, -0.2) is 9.59 Å². The van der Waals surface area contributed by atoms with Crippen molar-refractivity contribution in [1.82, 2.24) is 0 Å². The summed E-state index contributed by atoms with van der Waals surface area (Å²) in [5.41, 5.74) is 1.93. The minimum absolute atomic E-state index is 0.254. The molecule has 1 rings (SSSR count). The summed E-state index contributed by atoms with van der Waals surface area (Å²) < 4.78 is 11.4. The fourth-order valence-corrected chi connectivity index (χ4v) is 5.20. The van der Waals surface area contributed by atoms with E-state index in [2.05, 4.69) is 62.0 Å². The van der Waals surface area contributed by atoms with Gasteiger partial charge in [-0.05, 0) is 66.0 Å². The third kappa shape index (κ3) is 10.6. The zero-order valence-electron chi connectivity index (χ0n) is 25.8. The summed E-state index contributed by atoms with van der Waals surface area (Å²) in [5, 5.41) is 0. The van der Waals surface area contributed by atoms with Crippen molar-refractivity contribution in [2.75, 3.05) is 13.2 Å². The first kappa shape index (κ1) is 33.9. The second-order valence-corrected chi connectivity index (χ2v) is 11.9. The molecule has 0 aliphatic heterocycles. The van der Waals surface area contributed by atoms with E-state index >= 15 is 0 Å². The first-order valence-electron chi connectivity index (χ1n) is 15.1. The van der Waals surface area contributed by atoms with Gasteiger partial charge < -0.3 is 9.47 Å². The fourth-order valence-electron chi connectivity index (χ4n) is 5.20. The summed E-state index contributed by atoms with van der Waals surface area (Å²) >= 11 is 0. The quantitative estimate of drug-likeness (QED) is 0.168. The van der Waals surface area contributed by atoms with Crippen LogP contribution >= 0.6 is 0 Å². The number of benzene rings is 1. The molecule has 0 spiro atoms. The Morgan fingerprint density at radius 3 is 1.55 bits per heavy atom. The summed E-state index contributed by atoms with van der Waals surface area (Å²) in [7, 11) is 0. The molecule has 0 bridgehead atoms. The maximum atomic E-state index is 13.1. The maximum Gasteiger partial charge on any atom is 0.339 e. The van der Waals surface area contributed by atoms with Crippen molar-refractivity contribution in [1.29, 1.82) is 0 Å². The standard InChI is InChI=1S/C34H56O4/c1-10-26-17-18-29(31(35)37-21-19-27(11-2)24-33(8,13-4)14-5)30(23-26)32(36)38-22-20-28(12-3)25-34(9,15-6)16-7/h10,17-18,23,27-28H,1,11-16,19-22,24-25H2,2-9H3. The van der Waals surface area contributed by atoms with Gasteiger partial charge in [0.1, 0.15) is 0 Å². The van der Waals surface area contributed by atoms with Crippen LogP contribution in [0.25, 0.3) is 6.08 Å². The summed E-state index contributed by atoms with van der Waals surface area (Å²) in [6.07, 6.45) is 12.3.